The van der Waals surface area contributed by atoms with Crippen LogP contribution < -0.4 is 9.47 Å². The second-order valence-corrected chi connectivity index (χ2v) is 6.67. The molecule has 2 aromatic carbocycles. The lowest BCUT2D eigenvalue weighted by Gasteiger charge is -2.35. The van der Waals surface area contributed by atoms with Gasteiger partial charge in [-0.1, -0.05) is 29.8 Å². The summed E-state index contributed by atoms with van der Waals surface area (Å²) in [5.74, 6) is 1.23. The fourth-order valence-corrected chi connectivity index (χ4v) is 3.29. The Kier molecular flexibility index (Phi) is 6.01. The van der Waals surface area contributed by atoms with Crippen LogP contribution in [0.15, 0.2) is 42.5 Å². The van der Waals surface area contributed by atoms with Crippen molar-refractivity contribution in [2.24, 2.45) is 0 Å². The standard InChI is InChI=1S/C20H23ClN2O3/c1-25-17-11-16(12-18(13-17)26-2)20(24)23-9-7-22(8-10-23)14-15-5-3-4-6-19(15)21/h3-6,11-13H,7-10,14H2,1-2H3. The Balaban J connectivity index is 1.63. The van der Waals surface area contributed by atoms with Gasteiger partial charge in [0.15, 0.2) is 0 Å². The molecular weight excluding hydrogens is 352 g/mol. The van der Waals surface area contributed by atoms with Gasteiger partial charge in [-0.25, -0.2) is 0 Å². The SMILES string of the molecule is COc1cc(OC)cc(C(=O)N2CCN(Cc3ccccc3Cl)CC2)c1. The first-order chi connectivity index (χ1) is 12.6. The smallest absolute Gasteiger partial charge is 0.254 e. The molecule has 1 heterocycles. The Bertz CT molecular complexity index is 751. The molecule has 1 saturated heterocycles. The molecule has 0 bridgehead atoms. The molecule has 138 valence electrons. The highest BCUT2D eigenvalue weighted by Gasteiger charge is 2.23. The number of hydrogen-bond donors (Lipinski definition) is 0. The molecule has 5 nitrogen and oxygen atoms in total. The van der Waals surface area contributed by atoms with E-state index in [1.54, 1.807) is 32.4 Å². The zero-order valence-corrected chi connectivity index (χ0v) is 15.8. The monoisotopic (exact) mass is 374 g/mol. The number of carbonyl (C=O) groups excluding carboxylic acids is 1. The highest BCUT2D eigenvalue weighted by atomic mass is 35.5. The summed E-state index contributed by atoms with van der Waals surface area (Å²) in [5.41, 5.74) is 1.70. The van der Waals surface area contributed by atoms with Gasteiger partial charge in [0.2, 0.25) is 0 Å². The van der Waals surface area contributed by atoms with E-state index in [1.807, 2.05) is 29.2 Å². The normalized spacial score (nSPS) is 15.0. The van der Waals surface area contributed by atoms with Gasteiger partial charge in [-0.15, -0.1) is 0 Å². The van der Waals surface area contributed by atoms with E-state index in [9.17, 15) is 4.79 Å². The van der Waals surface area contributed by atoms with E-state index in [-0.39, 0.29) is 5.91 Å². The molecule has 0 N–H and O–H groups in total. The molecule has 0 unspecified atom stereocenters. The number of halogens is 1. The molecule has 0 radical (unpaired) electrons. The molecule has 1 amide bonds. The van der Waals surface area contributed by atoms with Gasteiger partial charge in [0, 0.05) is 49.4 Å². The number of rotatable bonds is 5. The van der Waals surface area contributed by atoms with Gasteiger partial charge >= 0.3 is 0 Å². The van der Waals surface area contributed by atoms with E-state index in [0.717, 1.165) is 30.2 Å². The van der Waals surface area contributed by atoms with Crippen LogP contribution in [0, 0.1) is 0 Å². The van der Waals surface area contributed by atoms with Crippen LogP contribution in [0.4, 0.5) is 0 Å². The summed E-state index contributed by atoms with van der Waals surface area (Å²) in [7, 11) is 3.16. The predicted octanol–water partition coefficient (Wildman–Crippen LogP) is 3.32. The maximum atomic E-state index is 12.8. The first-order valence-corrected chi connectivity index (χ1v) is 8.96. The highest BCUT2D eigenvalue weighted by molar-refractivity contribution is 6.31. The zero-order valence-electron chi connectivity index (χ0n) is 15.1. The second-order valence-electron chi connectivity index (χ2n) is 6.26. The molecule has 0 aromatic heterocycles. The molecule has 0 atom stereocenters. The van der Waals surface area contributed by atoms with Crippen LogP contribution >= 0.6 is 11.6 Å². The Morgan fingerprint density at radius 2 is 1.62 bits per heavy atom. The van der Waals surface area contributed by atoms with Crippen molar-refractivity contribution in [2.45, 2.75) is 6.54 Å². The number of piperazine rings is 1. The van der Waals surface area contributed by atoms with E-state index >= 15 is 0 Å². The van der Waals surface area contributed by atoms with Gasteiger partial charge in [0.1, 0.15) is 11.5 Å². The van der Waals surface area contributed by atoms with Gasteiger partial charge in [-0.2, -0.15) is 0 Å². The molecular formula is C20H23ClN2O3. The number of ether oxygens (including phenoxy) is 2. The van der Waals surface area contributed by atoms with Crippen molar-refractivity contribution in [1.82, 2.24) is 9.80 Å². The van der Waals surface area contributed by atoms with Crippen LogP contribution in [-0.2, 0) is 6.54 Å². The van der Waals surface area contributed by atoms with Crippen molar-refractivity contribution in [1.29, 1.82) is 0 Å². The number of amides is 1. The van der Waals surface area contributed by atoms with Crippen LogP contribution in [0.5, 0.6) is 11.5 Å². The Hall–Kier alpha value is -2.24. The molecule has 0 saturated carbocycles. The maximum absolute atomic E-state index is 12.8. The first-order valence-electron chi connectivity index (χ1n) is 8.59. The second kappa shape index (κ2) is 8.43. The highest BCUT2D eigenvalue weighted by Crippen LogP contribution is 2.24. The third kappa shape index (κ3) is 4.29. The topological polar surface area (TPSA) is 42.0 Å². The predicted molar refractivity (Wildman–Crippen MR) is 102 cm³/mol. The van der Waals surface area contributed by atoms with Crippen molar-refractivity contribution >= 4 is 17.5 Å². The zero-order chi connectivity index (χ0) is 18.5. The quantitative estimate of drug-likeness (QED) is 0.805. The summed E-state index contributed by atoms with van der Waals surface area (Å²) in [6.07, 6.45) is 0. The lowest BCUT2D eigenvalue weighted by molar-refractivity contribution is 0.0628. The summed E-state index contributed by atoms with van der Waals surface area (Å²) >= 11 is 6.24. The van der Waals surface area contributed by atoms with E-state index in [4.69, 9.17) is 21.1 Å². The number of benzene rings is 2. The summed E-state index contributed by atoms with van der Waals surface area (Å²) in [6.45, 7) is 3.80. The van der Waals surface area contributed by atoms with Crippen molar-refractivity contribution in [3.8, 4) is 11.5 Å². The molecule has 2 aromatic rings. The maximum Gasteiger partial charge on any atom is 0.254 e. The molecule has 0 spiro atoms. The Morgan fingerprint density at radius 1 is 1.00 bits per heavy atom. The number of nitrogens with zero attached hydrogens (tertiary/aromatic N) is 2. The fraction of sp³-hybridized carbons (Fsp3) is 0.350. The lowest BCUT2D eigenvalue weighted by Crippen LogP contribution is -2.48. The van der Waals surface area contributed by atoms with Gasteiger partial charge in [0.05, 0.1) is 14.2 Å². The third-order valence-electron chi connectivity index (χ3n) is 4.61. The van der Waals surface area contributed by atoms with Crippen LogP contribution in [-0.4, -0.2) is 56.1 Å². The van der Waals surface area contributed by atoms with Crippen LogP contribution in [0.3, 0.4) is 0 Å². The molecule has 0 aliphatic carbocycles. The average molecular weight is 375 g/mol. The van der Waals surface area contributed by atoms with Crippen LogP contribution in [0.2, 0.25) is 5.02 Å². The Labute approximate surface area is 159 Å². The van der Waals surface area contributed by atoms with Crippen LogP contribution in [0.1, 0.15) is 15.9 Å². The van der Waals surface area contributed by atoms with Gasteiger partial charge < -0.3 is 14.4 Å². The first kappa shape index (κ1) is 18.5. The molecule has 1 aliphatic rings. The summed E-state index contributed by atoms with van der Waals surface area (Å²) in [4.78, 5) is 17.0. The minimum Gasteiger partial charge on any atom is -0.497 e. The van der Waals surface area contributed by atoms with E-state index in [2.05, 4.69) is 4.90 Å². The number of carbonyl (C=O) groups is 1. The molecule has 1 fully saturated rings. The Morgan fingerprint density at radius 3 is 2.19 bits per heavy atom. The van der Waals surface area contributed by atoms with E-state index < -0.39 is 0 Å². The van der Waals surface area contributed by atoms with Crippen molar-refractivity contribution < 1.29 is 14.3 Å². The minimum atomic E-state index is -0.000376. The summed E-state index contributed by atoms with van der Waals surface area (Å²) < 4.78 is 10.5. The lowest BCUT2D eigenvalue weighted by atomic mass is 10.1. The number of methoxy groups -OCH3 is 2. The minimum absolute atomic E-state index is 0.000376. The van der Waals surface area contributed by atoms with Crippen LogP contribution in [0.25, 0.3) is 0 Å². The average Bonchev–Trinajstić information content (AvgIpc) is 2.69. The van der Waals surface area contributed by atoms with E-state index in [0.29, 0.717) is 30.2 Å². The third-order valence-corrected chi connectivity index (χ3v) is 4.98. The van der Waals surface area contributed by atoms with E-state index in [1.165, 1.54) is 0 Å². The number of hydrogen-bond acceptors (Lipinski definition) is 4. The molecule has 3 rings (SSSR count). The molecule has 6 heteroatoms. The summed E-state index contributed by atoms with van der Waals surface area (Å²) in [6, 6.07) is 13.2. The molecule has 26 heavy (non-hydrogen) atoms. The molecule has 1 aliphatic heterocycles. The largest absolute Gasteiger partial charge is 0.497 e. The van der Waals surface area contributed by atoms with Crippen molar-refractivity contribution in [3.05, 3.63) is 58.6 Å². The van der Waals surface area contributed by atoms with Gasteiger partial charge in [0.25, 0.3) is 5.91 Å². The van der Waals surface area contributed by atoms with Crippen molar-refractivity contribution in [2.75, 3.05) is 40.4 Å². The van der Waals surface area contributed by atoms with Gasteiger partial charge in [-0.3, -0.25) is 9.69 Å². The van der Waals surface area contributed by atoms with Crippen molar-refractivity contribution in [3.63, 3.8) is 0 Å². The fourth-order valence-electron chi connectivity index (χ4n) is 3.09. The summed E-state index contributed by atoms with van der Waals surface area (Å²) in [5, 5.41) is 0.787. The van der Waals surface area contributed by atoms with Gasteiger partial charge in [-0.05, 0) is 23.8 Å².